The average molecular weight is 828 g/mol. The standard InChI is InChI=1S/C42H36N4O2.Pt/c1-27(2)33-15-11-16-34(28(3)4)42(33)29-22-23-43-41(24-29)45-37-17-7-6-14-35(37)36-21-20-32(26-40(36)45)47-31-13-10-12-30(25-31)46-39-19-9-8-18-38(39)44(5)48-46;/h6-24,27-28H,1-5H3;/q-2;/p+1/i5D3;. The molecular formula is C42H37N4O2Pt-. The van der Waals surface area contributed by atoms with E-state index in [0.29, 0.717) is 40.4 Å². The van der Waals surface area contributed by atoms with Gasteiger partial charge >= 0.3 is 0 Å². The molecule has 5 aromatic carbocycles. The van der Waals surface area contributed by atoms with Gasteiger partial charge in [0.25, 0.3) is 0 Å². The van der Waals surface area contributed by atoms with E-state index in [9.17, 15) is 0 Å². The number of rotatable bonds is 7. The Morgan fingerprint density at radius 1 is 0.735 bits per heavy atom. The number of hydrogen-bond acceptors (Lipinski definition) is 4. The minimum Gasteiger partial charge on any atom is -0.509 e. The summed E-state index contributed by atoms with van der Waals surface area (Å²) in [5, 5.41) is 4.75. The van der Waals surface area contributed by atoms with Crippen LogP contribution in [0.4, 0.5) is 17.1 Å². The number of benzene rings is 5. The predicted molar refractivity (Wildman–Crippen MR) is 195 cm³/mol. The zero-order valence-electron chi connectivity index (χ0n) is 30.6. The van der Waals surface area contributed by atoms with Crippen LogP contribution in [0.15, 0.2) is 115 Å². The number of para-hydroxylation sites is 3. The maximum absolute atomic E-state index is 7.99. The summed E-state index contributed by atoms with van der Waals surface area (Å²) in [4.78, 5) is 9.32. The van der Waals surface area contributed by atoms with Gasteiger partial charge in [-0.05, 0) is 69.8 Å². The van der Waals surface area contributed by atoms with Crippen LogP contribution in [-0.2, 0) is 21.1 Å². The maximum Gasteiger partial charge on any atom is 0.145 e. The molecule has 6 nitrogen and oxygen atoms in total. The summed E-state index contributed by atoms with van der Waals surface area (Å²) in [6.07, 6.45) is 1.89. The van der Waals surface area contributed by atoms with Crippen LogP contribution in [0.5, 0.6) is 11.5 Å². The number of hydroxylamine groups is 1. The van der Waals surface area contributed by atoms with Gasteiger partial charge < -0.3 is 9.30 Å². The maximum atomic E-state index is 7.99. The number of ether oxygens (including phenoxy) is 1. The van der Waals surface area contributed by atoms with Crippen LogP contribution < -0.4 is 14.9 Å². The van der Waals surface area contributed by atoms with Crippen molar-refractivity contribution in [1.82, 2.24) is 9.55 Å². The summed E-state index contributed by atoms with van der Waals surface area (Å²) in [7, 11) is 0. The van der Waals surface area contributed by atoms with Crippen LogP contribution in [0.3, 0.4) is 0 Å². The molecule has 0 saturated carbocycles. The van der Waals surface area contributed by atoms with Crippen molar-refractivity contribution in [2.24, 2.45) is 0 Å². The molecule has 8 rings (SSSR count). The van der Waals surface area contributed by atoms with Gasteiger partial charge in [-0.15, -0.1) is 45.8 Å². The van der Waals surface area contributed by atoms with E-state index in [2.05, 4.69) is 97.9 Å². The molecule has 0 atom stereocenters. The van der Waals surface area contributed by atoms with Crippen molar-refractivity contribution in [1.29, 1.82) is 0 Å². The van der Waals surface area contributed by atoms with E-state index in [4.69, 9.17) is 13.8 Å². The molecule has 0 amide bonds. The second-order valence-corrected chi connectivity index (χ2v) is 12.7. The first-order chi connectivity index (χ1) is 24.6. The van der Waals surface area contributed by atoms with Crippen LogP contribution in [0, 0.1) is 12.1 Å². The van der Waals surface area contributed by atoms with Crippen molar-refractivity contribution in [2.75, 3.05) is 17.1 Å². The predicted octanol–water partition coefficient (Wildman–Crippen LogP) is 10.9. The number of aromatic nitrogens is 2. The Labute approximate surface area is 305 Å². The van der Waals surface area contributed by atoms with Crippen molar-refractivity contribution in [2.45, 2.75) is 39.5 Å². The average Bonchev–Trinajstić information content (AvgIpc) is 3.68. The molecule has 1 aliphatic heterocycles. The van der Waals surface area contributed by atoms with E-state index in [-0.39, 0.29) is 21.1 Å². The number of anilines is 3. The number of pyridine rings is 1. The summed E-state index contributed by atoms with van der Waals surface area (Å²) in [6.45, 7) is 6.53. The van der Waals surface area contributed by atoms with Crippen molar-refractivity contribution < 1.29 is 34.9 Å². The van der Waals surface area contributed by atoms with E-state index in [1.54, 1.807) is 17.2 Å². The molecule has 0 bridgehead atoms. The first-order valence-corrected chi connectivity index (χ1v) is 16.2. The number of hydrogen-bond donors (Lipinski definition) is 0. The molecule has 0 aliphatic carbocycles. The molecule has 0 radical (unpaired) electrons. The van der Waals surface area contributed by atoms with Gasteiger partial charge in [-0.2, -0.15) is 17.1 Å². The van der Waals surface area contributed by atoms with Gasteiger partial charge in [-0.3, -0.25) is 0 Å². The second-order valence-electron chi connectivity index (χ2n) is 12.7. The molecule has 0 spiro atoms. The third-order valence-electron chi connectivity index (χ3n) is 8.91. The Morgan fingerprint density at radius 2 is 1.45 bits per heavy atom. The molecule has 49 heavy (non-hydrogen) atoms. The van der Waals surface area contributed by atoms with Gasteiger partial charge in [0.15, 0.2) is 0 Å². The first kappa shape index (κ1) is 29.1. The van der Waals surface area contributed by atoms with Gasteiger partial charge in [0.2, 0.25) is 0 Å². The third kappa shape index (κ3) is 5.79. The Kier molecular flexibility index (Phi) is 7.82. The molecule has 2 aromatic heterocycles. The molecule has 0 saturated heterocycles. The largest absolute Gasteiger partial charge is 0.509 e. The van der Waals surface area contributed by atoms with E-state index in [0.717, 1.165) is 38.3 Å². The summed E-state index contributed by atoms with van der Waals surface area (Å²) >= 11 is 0. The Balaban J connectivity index is 0.00000420. The Bertz CT molecular complexity index is 2400. The minimum absolute atomic E-state index is 0. The molecule has 3 heterocycles. The monoisotopic (exact) mass is 827 g/mol. The SMILES string of the molecule is [2H]C([2H])([2H])N1[OH+]N(c2[c-]c(Oc3[c-]c4c(cc3)c3ccccc3n4-c3cc(-c4c(C(C)C)cccc4C(C)C)ccn3)ccc2)c2ccccc21.[Pt]. The van der Waals surface area contributed by atoms with E-state index in [1.165, 1.54) is 16.7 Å². The fourth-order valence-corrected chi connectivity index (χ4v) is 6.68. The fourth-order valence-electron chi connectivity index (χ4n) is 6.68. The van der Waals surface area contributed by atoms with Crippen molar-refractivity contribution in [3.8, 4) is 28.4 Å². The third-order valence-corrected chi connectivity index (χ3v) is 8.91. The molecular weight excluding hydrogens is 788 g/mol. The molecule has 7 aromatic rings. The normalized spacial score (nSPS) is 13.8. The molecule has 1 aliphatic rings. The number of fused-ring (bicyclic) bond motifs is 4. The van der Waals surface area contributed by atoms with E-state index in [1.807, 2.05) is 54.7 Å². The quantitative estimate of drug-likeness (QED) is 0.119. The molecule has 1 N–H and O–H groups in total. The minimum atomic E-state index is -2.44. The fraction of sp³-hybridized carbons (Fsp3) is 0.167. The zero-order chi connectivity index (χ0) is 35.4. The summed E-state index contributed by atoms with van der Waals surface area (Å²) in [5.41, 5.74) is 8.58. The van der Waals surface area contributed by atoms with Crippen LogP contribution in [0.2, 0.25) is 0 Å². The van der Waals surface area contributed by atoms with Gasteiger partial charge in [0.1, 0.15) is 17.2 Å². The summed E-state index contributed by atoms with van der Waals surface area (Å²) in [6, 6.07) is 42.7. The van der Waals surface area contributed by atoms with Gasteiger partial charge in [0.05, 0.1) is 11.1 Å². The number of nitrogens with zero attached hydrogens (tertiary/aromatic N) is 4. The molecule has 0 unspecified atom stereocenters. The van der Waals surface area contributed by atoms with E-state index < -0.39 is 6.98 Å². The van der Waals surface area contributed by atoms with E-state index >= 15 is 0 Å². The Morgan fingerprint density at radius 3 is 2.22 bits per heavy atom. The summed E-state index contributed by atoms with van der Waals surface area (Å²) < 4.78 is 32.5. The van der Waals surface area contributed by atoms with Crippen LogP contribution in [0.25, 0.3) is 38.8 Å². The van der Waals surface area contributed by atoms with Gasteiger partial charge in [-0.25, -0.2) is 4.98 Å². The smallest absolute Gasteiger partial charge is 0.145 e. The van der Waals surface area contributed by atoms with Crippen LogP contribution in [0.1, 0.15) is 54.8 Å². The topological polar surface area (TPSA) is 46.3 Å². The van der Waals surface area contributed by atoms with Crippen LogP contribution >= 0.6 is 0 Å². The van der Waals surface area contributed by atoms with Gasteiger partial charge in [-0.1, -0.05) is 81.7 Å². The van der Waals surface area contributed by atoms with Crippen molar-refractivity contribution in [3.63, 3.8) is 0 Å². The summed E-state index contributed by atoms with van der Waals surface area (Å²) in [5.74, 6) is 2.47. The molecule has 7 heteroatoms. The zero-order valence-corrected chi connectivity index (χ0v) is 29.9. The van der Waals surface area contributed by atoms with Crippen molar-refractivity contribution >= 4 is 38.9 Å². The molecule has 248 valence electrons. The van der Waals surface area contributed by atoms with Crippen LogP contribution in [-0.4, -0.2) is 21.5 Å². The Hall–Kier alpha value is -4.90. The van der Waals surface area contributed by atoms with Crippen molar-refractivity contribution in [3.05, 3.63) is 139 Å². The second kappa shape index (κ2) is 13.2. The molecule has 0 fully saturated rings. The first-order valence-electron chi connectivity index (χ1n) is 17.7. The van der Waals surface area contributed by atoms with Gasteiger partial charge in [0, 0.05) is 50.0 Å².